The van der Waals surface area contributed by atoms with Gasteiger partial charge in [-0.3, -0.25) is 4.79 Å². The largest absolute Gasteiger partial charge is 0.507 e. The maximum Gasteiger partial charge on any atom is 0.342 e. The van der Waals surface area contributed by atoms with E-state index in [2.05, 4.69) is 5.32 Å². The summed E-state index contributed by atoms with van der Waals surface area (Å²) in [4.78, 5) is 23.9. The fourth-order valence-electron chi connectivity index (χ4n) is 3.04. The smallest absolute Gasteiger partial charge is 0.342 e. The molecule has 0 bridgehead atoms. The summed E-state index contributed by atoms with van der Waals surface area (Å²) in [5.41, 5.74) is -0.167. The molecule has 1 amide bonds. The second-order valence-corrected chi connectivity index (χ2v) is 5.96. The van der Waals surface area contributed by atoms with Gasteiger partial charge in [0.1, 0.15) is 17.1 Å². The molecule has 6 nitrogen and oxygen atoms in total. The van der Waals surface area contributed by atoms with Crippen molar-refractivity contribution in [3.63, 3.8) is 0 Å². The van der Waals surface area contributed by atoms with Gasteiger partial charge in [0.05, 0.1) is 0 Å². The van der Waals surface area contributed by atoms with Gasteiger partial charge < -0.3 is 20.3 Å². The van der Waals surface area contributed by atoms with Crippen molar-refractivity contribution in [2.45, 2.75) is 31.7 Å². The number of nitrogens with one attached hydrogen (secondary N) is 1. The highest BCUT2D eigenvalue weighted by Crippen LogP contribution is 2.35. The van der Waals surface area contributed by atoms with Crippen molar-refractivity contribution >= 4 is 22.6 Å². The lowest BCUT2D eigenvalue weighted by molar-refractivity contribution is -0.124. The Morgan fingerprint density at radius 2 is 1.79 bits per heavy atom. The number of hydrogen-bond donors (Lipinski definition) is 3. The normalized spacial score (nSPS) is 14.7. The Bertz CT molecular complexity index is 780. The van der Waals surface area contributed by atoms with Crippen molar-refractivity contribution in [3.05, 3.63) is 35.9 Å². The van der Waals surface area contributed by atoms with E-state index in [9.17, 15) is 19.8 Å². The molecule has 2 aromatic rings. The molecule has 1 aliphatic rings. The Kier molecular flexibility index (Phi) is 4.55. The topological polar surface area (TPSA) is 95.9 Å². The summed E-state index contributed by atoms with van der Waals surface area (Å²) in [5.74, 6) is -1.62. The van der Waals surface area contributed by atoms with E-state index >= 15 is 0 Å². The summed E-state index contributed by atoms with van der Waals surface area (Å²) in [6.07, 6.45) is 4.07. The van der Waals surface area contributed by atoms with Crippen LogP contribution in [0.3, 0.4) is 0 Å². The number of hydrogen-bond acceptors (Lipinski definition) is 5. The second-order valence-electron chi connectivity index (χ2n) is 5.96. The lowest BCUT2D eigenvalue weighted by Crippen LogP contribution is -2.35. The number of ether oxygens (including phenoxy) is 1. The third kappa shape index (κ3) is 3.27. The molecule has 0 aromatic heterocycles. The van der Waals surface area contributed by atoms with E-state index in [1.54, 1.807) is 24.3 Å². The Balaban J connectivity index is 1.69. The summed E-state index contributed by atoms with van der Waals surface area (Å²) in [6.45, 7) is -0.414. The third-order valence-electron chi connectivity index (χ3n) is 4.27. The van der Waals surface area contributed by atoms with Crippen molar-refractivity contribution in [2.75, 3.05) is 6.61 Å². The molecule has 1 saturated carbocycles. The van der Waals surface area contributed by atoms with Crippen LogP contribution in [0.5, 0.6) is 11.5 Å². The minimum atomic E-state index is -0.852. The Morgan fingerprint density at radius 3 is 2.50 bits per heavy atom. The van der Waals surface area contributed by atoms with Gasteiger partial charge in [-0.25, -0.2) is 4.79 Å². The number of rotatable bonds is 4. The Hall–Kier alpha value is -2.76. The molecule has 3 rings (SSSR count). The van der Waals surface area contributed by atoms with Crippen molar-refractivity contribution in [1.82, 2.24) is 5.32 Å². The van der Waals surface area contributed by atoms with Crippen LogP contribution in [-0.4, -0.2) is 34.7 Å². The molecule has 24 heavy (non-hydrogen) atoms. The predicted octanol–water partition coefficient (Wildman–Crippen LogP) is 2.47. The highest BCUT2D eigenvalue weighted by molar-refractivity contribution is 6.04. The summed E-state index contributed by atoms with van der Waals surface area (Å²) >= 11 is 0. The lowest BCUT2D eigenvalue weighted by atomic mass is 10.0. The van der Waals surface area contributed by atoms with Crippen molar-refractivity contribution in [2.24, 2.45) is 0 Å². The molecule has 0 heterocycles. The highest BCUT2D eigenvalue weighted by Gasteiger charge is 2.21. The molecular formula is C18H19NO5. The van der Waals surface area contributed by atoms with Gasteiger partial charge >= 0.3 is 5.97 Å². The summed E-state index contributed by atoms with van der Waals surface area (Å²) < 4.78 is 4.96. The van der Waals surface area contributed by atoms with Crippen LogP contribution in [0.25, 0.3) is 10.8 Å². The van der Waals surface area contributed by atoms with Crippen LogP contribution < -0.4 is 5.32 Å². The van der Waals surface area contributed by atoms with Gasteiger partial charge in [0.2, 0.25) is 0 Å². The quantitative estimate of drug-likeness (QED) is 0.591. The number of esters is 1. The van der Waals surface area contributed by atoms with Crippen molar-refractivity contribution in [1.29, 1.82) is 0 Å². The van der Waals surface area contributed by atoms with E-state index in [1.165, 1.54) is 0 Å². The fraction of sp³-hybridized carbons (Fsp3) is 0.333. The molecule has 126 valence electrons. The number of aromatic hydroxyl groups is 2. The van der Waals surface area contributed by atoms with Crippen LogP contribution in [0.15, 0.2) is 30.3 Å². The first-order valence-electron chi connectivity index (χ1n) is 7.96. The van der Waals surface area contributed by atoms with E-state index in [4.69, 9.17) is 4.74 Å². The number of amides is 1. The molecule has 0 unspecified atom stereocenters. The van der Waals surface area contributed by atoms with Crippen LogP contribution in [0.1, 0.15) is 36.0 Å². The predicted molar refractivity (Wildman–Crippen MR) is 88.0 cm³/mol. The van der Waals surface area contributed by atoms with Gasteiger partial charge in [-0.1, -0.05) is 37.1 Å². The number of benzene rings is 2. The fourth-order valence-corrected chi connectivity index (χ4v) is 3.04. The Morgan fingerprint density at radius 1 is 1.12 bits per heavy atom. The monoisotopic (exact) mass is 329 g/mol. The Labute approximate surface area is 139 Å². The zero-order valence-electron chi connectivity index (χ0n) is 13.1. The SMILES string of the molecule is O=C(COC(=O)c1cc(O)c2ccccc2c1O)NC1CCCC1. The molecule has 0 aliphatic heterocycles. The number of phenols is 2. The van der Waals surface area contributed by atoms with E-state index in [-0.39, 0.29) is 29.0 Å². The third-order valence-corrected chi connectivity index (χ3v) is 4.27. The molecule has 0 atom stereocenters. The average Bonchev–Trinajstić information content (AvgIpc) is 3.09. The van der Waals surface area contributed by atoms with Gasteiger partial charge in [-0.2, -0.15) is 0 Å². The van der Waals surface area contributed by atoms with Crippen LogP contribution in [0, 0.1) is 0 Å². The van der Waals surface area contributed by atoms with Gasteiger partial charge in [-0.15, -0.1) is 0 Å². The zero-order chi connectivity index (χ0) is 17.1. The number of phenolic OH excluding ortho intramolecular Hbond substituents is 2. The van der Waals surface area contributed by atoms with E-state index in [0.717, 1.165) is 31.7 Å². The van der Waals surface area contributed by atoms with Crippen LogP contribution in [-0.2, 0) is 9.53 Å². The van der Waals surface area contributed by atoms with Crippen molar-refractivity contribution in [3.8, 4) is 11.5 Å². The van der Waals surface area contributed by atoms with Crippen LogP contribution in [0.2, 0.25) is 0 Å². The minimum absolute atomic E-state index is 0.134. The maximum absolute atomic E-state index is 12.1. The van der Waals surface area contributed by atoms with Gasteiger partial charge in [-0.05, 0) is 18.9 Å². The first-order valence-corrected chi connectivity index (χ1v) is 7.96. The van der Waals surface area contributed by atoms with Crippen LogP contribution in [0.4, 0.5) is 0 Å². The molecule has 1 aliphatic carbocycles. The molecule has 2 aromatic carbocycles. The summed E-state index contributed by atoms with van der Waals surface area (Å²) in [7, 11) is 0. The number of fused-ring (bicyclic) bond motifs is 1. The zero-order valence-corrected chi connectivity index (χ0v) is 13.1. The molecule has 0 radical (unpaired) electrons. The molecule has 3 N–H and O–H groups in total. The van der Waals surface area contributed by atoms with Gasteiger partial charge in [0.15, 0.2) is 6.61 Å². The first-order chi connectivity index (χ1) is 11.6. The van der Waals surface area contributed by atoms with E-state index < -0.39 is 12.6 Å². The molecule has 0 saturated heterocycles. The van der Waals surface area contributed by atoms with Gasteiger partial charge in [0.25, 0.3) is 5.91 Å². The summed E-state index contributed by atoms with van der Waals surface area (Å²) in [5, 5.41) is 23.8. The standard InChI is InChI=1S/C18H19NO5/c20-15-9-14(17(22)13-8-4-3-7-12(13)15)18(23)24-10-16(21)19-11-5-1-2-6-11/h3-4,7-9,11,20,22H,1-2,5-6,10H2,(H,19,21). The lowest BCUT2D eigenvalue weighted by Gasteiger charge is -2.13. The van der Waals surface area contributed by atoms with Crippen LogP contribution >= 0.6 is 0 Å². The highest BCUT2D eigenvalue weighted by atomic mass is 16.5. The minimum Gasteiger partial charge on any atom is -0.507 e. The van der Waals surface area contributed by atoms with Gasteiger partial charge in [0, 0.05) is 16.8 Å². The maximum atomic E-state index is 12.1. The molecule has 0 spiro atoms. The summed E-state index contributed by atoms with van der Waals surface area (Å²) in [6, 6.07) is 7.92. The van der Waals surface area contributed by atoms with E-state index in [0.29, 0.717) is 10.8 Å². The molecular weight excluding hydrogens is 310 g/mol. The van der Waals surface area contributed by atoms with Crippen molar-refractivity contribution < 1.29 is 24.5 Å². The van der Waals surface area contributed by atoms with E-state index in [1.807, 2.05) is 0 Å². The second kappa shape index (κ2) is 6.78. The average molecular weight is 329 g/mol. The first kappa shape index (κ1) is 16.1. The molecule has 1 fully saturated rings. The number of carbonyl (C=O) groups is 2. The molecule has 6 heteroatoms. The number of carbonyl (C=O) groups excluding carboxylic acids is 2.